The van der Waals surface area contributed by atoms with Crippen LogP contribution in [-0.2, 0) is 31.4 Å². The molecule has 236 valence electrons. The van der Waals surface area contributed by atoms with Crippen molar-refractivity contribution in [3.8, 4) is 0 Å². The minimum atomic E-state index is -1.85. The molecule has 0 rings (SSSR count). The van der Waals surface area contributed by atoms with Crippen LogP contribution in [0.5, 0.6) is 0 Å². The summed E-state index contributed by atoms with van der Waals surface area (Å²) in [5.74, 6) is 0.167. The summed E-state index contributed by atoms with van der Waals surface area (Å²) in [6.45, 7) is 38.0. The molecular weight excluding hydrogens is 794 g/mol. The first-order chi connectivity index (χ1) is 16.7. The lowest BCUT2D eigenvalue weighted by Crippen LogP contribution is -2.50. The van der Waals surface area contributed by atoms with Gasteiger partial charge >= 0.3 is 8.56 Å². The zero-order valence-corrected chi connectivity index (χ0v) is 37.6. The van der Waals surface area contributed by atoms with E-state index in [1.807, 2.05) is 6.92 Å². The third-order valence-electron chi connectivity index (χ3n) is 2.90. The third kappa shape index (κ3) is 66.3. The van der Waals surface area contributed by atoms with Crippen molar-refractivity contribution in [3.05, 3.63) is 0 Å². The van der Waals surface area contributed by atoms with Gasteiger partial charge in [-0.2, -0.15) is 0 Å². The molecule has 1 atom stereocenters. The zero-order chi connectivity index (χ0) is 32.0. The van der Waals surface area contributed by atoms with Crippen LogP contribution in [0.4, 0.5) is 0 Å². The van der Waals surface area contributed by atoms with E-state index in [4.69, 9.17) is 26.6 Å². The molecule has 0 N–H and O–H groups in total. The highest BCUT2D eigenvalue weighted by atomic mass is 128. The smallest absolute Gasteiger partial charge is 0.311 e. The van der Waals surface area contributed by atoms with Gasteiger partial charge in [-0.05, 0) is 112 Å². The number of carbonyl (C=O) groups is 1. The molecule has 1 unspecified atom stereocenters. The average molecular weight is 859 g/mol. The van der Waals surface area contributed by atoms with Crippen LogP contribution >= 0.6 is 37.2 Å². The van der Waals surface area contributed by atoms with E-state index < -0.39 is 41.8 Å². The Morgan fingerprint density at radius 2 is 0.921 bits per heavy atom. The van der Waals surface area contributed by atoms with Crippen LogP contribution < -0.4 is 0 Å². The number of hydrogen-bond donors (Lipinski definition) is 0. The normalized spacial score (nSPS) is 12.8. The lowest BCUT2D eigenvalue weighted by molar-refractivity contribution is -0.115. The molecule has 0 aromatic carbocycles. The fraction of sp³-hybridized carbons (Fsp3) is 0.958. The van der Waals surface area contributed by atoms with E-state index in [-0.39, 0.29) is 11.9 Å². The highest BCUT2D eigenvalue weighted by Crippen LogP contribution is 2.19. The van der Waals surface area contributed by atoms with E-state index in [0.29, 0.717) is 19.8 Å². The Balaban J connectivity index is -0.000000131. The molecule has 38 heavy (non-hydrogen) atoms. The summed E-state index contributed by atoms with van der Waals surface area (Å²) in [7, 11) is -3.85. The Bertz CT molecular complexity index is 512. The number of ketones is 1. The highest BCUT2D eigenvalue weighted by Gasteiger charge is 2.35. The van der Waals surface area contributed by atoms with Gasteiger partial charge in [-0.15, -0.1) is 0 Å². The second-order valence-electron chi connectivity index (χ2n) is 13.2. The van der Waals surface area contributed by atoms with Crippen molar-refractivity contribution in [2.45, 2.75) is 119 Å². The van der Waals surface area contributed by atoms with Crippen molar-refractivity contribution in [3.63, 3.8) is 0 Å². The van der Waals surface area contributed by atoms with E-state index in [2.05, 4.69) is 129 Å². The van der Waals surface area contributed by atoms with Crippen molar-refractivity contribution in [1.82, 2.24) is 0 Å². The van der Waals surface area contributed by atoms with Gasteiger partial charge in [0.15, 0.2) is 33.3 Å². The van der Waals surface area contributed by atoms with E-state index in [1.54, 1.807) is 14.2 Å². The summed E-state index contributed by atoms with van der Waals surface area (Å²) >= 11 is 4.24. The number of methoxy groups -OCH3 is 2. The molecule has 0 aliphatic rings. The maximum atomic E-state index is 9.44. The van der Waals surface area contributed by atoms with Crippen molar-refractivity contribution in [1.29, 1.82) is 0 Å². The van der Waals surface area contributed by atoms with Crippen LogP contribution in [0.15, 0.2) is 0 Å². The molecule has 0 aliphatic heterocycles. The molecule has 0 bridgehead atoms. The molecule has 7 nitrogen and oxygen atoms in total. The van der Waals surface area contributed by atoms with Gasteiger partial charge in [0.05, 0.1) is 25.9 Å². The molecular formula is C24H64I2O7Si5. The van der Waals surface area contributed by atoms with Crippen LogP contribution in [0.2, 0.25) is 91.7 Å². The fourth-order valence-electron chi connectivity index (χ4n) is 2.87. The Labute approximate surface area is 266 Å². The van der Waals surface area contributed by atoms with Gasteiger partial charge in [0, 0.05) is 51.5 Å². The highest BCUT2D eigenvalue weighted by molar-refractivity contribution is 15.0. The van der Waals surface area contributed by atoms with Crippen molar-refractivity contribution in [2.75, 3.05) is 34.0 Å². The van der Waals surface area contributed by atoms with Crippen LogP contribution in [-0.4, -0.2) is 87.8 Å². The monoisotopic (exact) mass is 858 g/mol. The van der Waals surface area contributed by atoms with Crippen LogP contribution in [0.3, 0.4) is 0 Å². The van der Waals surface area contributed by atoms with Crippen molar-refractivity contribution < 1.29 is 31.4 Å². The molecule has 0 fully saturated rings. The standard InChI is InChI=1S/C8H24O2Si3.C7H16O3.C6H18OSi2.C3H6O.I2/c1-11(2,3)9-13(7,8)10-12(4,5)6;1-7(9-3)6-10-5-4-8-2;1-8(2,3)7-9(4,5)6;1-3(2)4;1-2/h1-8H3;7H,4-6H2,1-3H3;1-6H3;1-2H3;. The Hall–Kier alpha value is 1.97. The Kier molecular flexibility index (Phi) is 33.3. The van der Waals surface area contributed by atoms with Gasteiger partial charge in [0.1, 0.15) is 5.78 Å². The Morgan fingerprint density at radius 1 is 0.632 bits per heavy atom. The second-order valence-corrected chi connectivity index (χ2v) is 35.3. The molecule has 0 aromatic rings. The zero-order valence-electron chi connectivity index (χ0n) is 28.3. The van der Waals surface area contributed by atoms with E-state index in [1.165, 1.54) is 13.8 Å². The number of carbonyl (C=O) groups excluding carboxylic acids is 1. The molecule has 0 radical (unpaired) electrons. The van der Waals surface area contributed by atoms with Crippen molar-refractivity contribution >= 4 is 84.8 Å². The first-order valence-corrected chi connectivity index (χ1v) is 35.7. The summed E-state index contributed by atoms with van der Waals surface area (Å²) in [6, 6.07) is 0. The summed E-state index contributed by atoms with van der Waals surface area (Å²) in [5.41, 5.74) is 0. The van der Waals surface area contributed by atoms with E-state index in [0.717, 1.165) is 0 Å². The molecule has 0 amide bonds. The van der Waals surface area contributed by atoms with Gasteiger partial charge in [0.2, 0.25) is 0 Å². The summed E-state index contributed by atoms with van der Waals surface area (Å²) in [6.07, 6.45) is 0.178. The molecule has 0 saturated heterocycles. The summed E-state index contributed by atoms with van der Waals surface area (Å²) in [4.78, 5) is 9.44. The van der Waals surface area contributed by atoms with Gasteiger partial charge in [-0.25, -0.2) is 0 Å². The molecule has 0 aliphatic carbocycles. The predicted octanol–water partition coefficient (Wildman–Crippen LogP) is 9.12. The van der Waals surface area contributed by atoms with Crippen LogP contribution in [0.1, 0.15) is 20.8 Å². The minimum Gasteiger partial charge on any atom is -0.456 e. The van der Waals surface area contributed by atoms with E-state index in [9.17, 15) is 4.79 Å². The number of Topliss-reactive ketones (excluding diaryl/α,β-unsaturated/α-hetero) is 1. The van der Waals surface area contributed by atoms with Gasteiger partial charge in [-0.1, -0.05) is 0 Å². The van der Waals surface area contributed by atoms with Gasteiger partial charge in [-0.3, -0.25) is 0 Å². The average Bonchev–Trinajstić information content (AvgIpc) is 2.60. The molecule has 0 saturated carbocycles. The van der Waals surface area contributed by atoms with Crippen LogP contribution in [0.25, 0.3) is 0 Å². The third-order valence-corrected chi connectivity index (χ3v) is 16.6. The maximum absolute atomic E-state index is 9.44. The molecule has 0 aromatic heterocycles. The lowest BCUT2D eigenvalue weighted by atomic mass is 10.4. The predicted molar refractivity (Wildman–Crippen MR) is 198 cm³/mol. The number of halogens is 2. The largest absolute Gasteiger partial charge is 0.456 e. The topological polar surface area (TPSA) is 72.5 Å². The second kappa shape index (κ2) is 25.5. The number of ether oxygens (including phenoxy) is 3. The number of rotatable bonds is 12. The van der Waals surface area contributed by atoms with Gasteiger partial charge in [0.25, 0.3) is 0 Å². The lowest BCUT2D eigenvalue weighted by Gasteiger charge is -2.35. The summed E-state index contributed by atoms with van der Waals surface area (Å²) < 4.78 is 33.0. The van der Waals surface area contributed by atoms with Crippen molar-refractivity contribution in [2.24, 2.45) is 0 Å². The minimum absolute atomic E-state index is 0.167. The Morgan fingerprint density at radius 3 is 1.11 bits per heavy atom. The maximum Gasteiger partial charge on any atom is 0.311 e. The molecule has 14 heteroatoms. The molecule has 0 heterocycles. The number of hydrogen-bond acceptors (Lipinski definition) is 7. The first kappa shape index (κ1) is 49.6. The quantitative estimate of drug-likeness (QED) is 0.110. The fourth-order valence-corrected chi connectivity index (χ4v) is 22.6. The SMILES string of the molecule is CC(C)=O.COCCOCC(C)OC.C[Si](C)(C)O[Si](C)(C)C.C[Si](C)(C)O[Si](C)(C)O[Si](C)(C)C.II. The van der Waals surface area contributed by atoms with Crippen LogP contribution in [0, 0.1) is 0 Å². The van der Waals surface area contributed by atoms with E-state index >= 15 is 0 Å². The first-order valence-electron chi connectivity index (χ1n) is 13.0. The van der Waals surface area contributed by atoms with Gasteiger partial charge < -0.3 is 31.4 Å². The summed E-state index contributed by atoms with van der Waals surface area (Å²) in [5, 5.41) is 0. The molecule has 0 spiro atoms.